The summed E-state index contributed by atoms with van der Waals surface area (Å²) in [7, 11) is 0. The first kappa shape index (κ1) is 18.8. The van der Waals surface area contributed by atoms with Gasteiger partial charge in [0.2, 0.25) is 0 Å². The van der Waals surface area contributed by atoms with Crippen LogP contribution in [0.3, 0.4) is 0 Å². The Morgan fingerprint density at radius 2 is 1.82 bits per heavy atom. The number of hydrogen-bond donors (Lipinski definition) is 0. The van der Waals surface area contributed by atoms with Crippen LogP contribution in [0.5, 0.6) is 0 Å². The van der Waals surface area contributed by atoms with Crippen molar-refractivity contribution in [3.8, 4) is 0 Å². The van der Waals surface area contributed by atoms with Gasteiger partial charge in [0.15, 0.2) is 5.13 Å². The molecule has 3 nitrogen and oxygen atoms in total. The maximum atomic E-state index is 13.4. The van der Waals surface area contributed by atoms with Gasteiger partial charge in [-0.15, -0.1) is 0 Å². The first-order valence-corrected chi connectivity index (χ1v) is 10.6. The molecule has 1 amide bonds. The van der Waals surface area contributed by atoms with Gasteiger partial charge in [-0.3, -0.25) is 9.69 Å². The van der Waals surface area contributed by atoms with Crippen LogP contribution in [-0.2, 0) is 6.54 Å². The van der Waals surface area contributed by atoms with E-state index in [2.05, 4.69) is 41.9 Å². The van der Waals surface area contributed by atoms with E-state index in [1.807, 2.05) is 54.6 Å². The number of rotatable bonds is 4. The van der Waals surface area contributed by atoms with Gasteiger partial charge in [-0.2, -0.15) is 0 Å². The van der Waals surface area contributed by atoms with Crippen molar-refractivity contribution in [3.63, 3.8) is 0 Å². The lowest BCUT2D eigenvalue weighted by molar-refractivity contribution is 0.0985. The molecular weight excluding hydrogens is 432 g/mol. The summed E-state index contributed by atoms with van der Waals surface area (Å²) in [5.74, 6) is -0.0569. The smallest absolute Gasteiger partial charge is 0.260 e. The third kappa shape index (κ3) is 3.86. The number of aryl methyl sites for hydroxylation is 2. The minimum Gasteiger partial charge on any atom is -0.279 e. The molecule has 4 rings (SSSR count). The molecule has 3 aromatic carbocycles. The molecule has 4 aromatic rings. The minimum atomic E-state index is -0.0569. The lowest BCUT2D eigenvalue weighted by Gasteiger charge is -2.20. The maximum Gasteiger partial charge on any atom is 0.260 e. The number of carbonyl (C=O) groups is 1. The summed E-state index contributed by atoms with van der Waals surface area (Å²) in [4.78, 5) is 20.0. The molecule has 0 atom stereocenters. The standard InChI is InChI=1S/C23H19BrN2OS/c1-15-11-16(2)21-20(12-15)28-23(25-21)26(14-17-7-4-3-5-8-17)22(27)18-9-6-10-19(24)13-18/h3-13H,14H2,1-2H3. The van der Waals surface area contributed by atoms with Gasteiger partial charge >= 0.3 is 0 Å². The van der Waals surface area contributed by atoms with Crippen molar-refractivity contribution in [1.29, 1.82) is 0 Å². The van der Waals surface area contributed by atoms with E-state index in [0.717, 1.165) is 30.9 Å². The predicted molar refractivity (Wildman–Crippen MR) is 120 cm³/mol. The Bertz CT molecular complexity index is 1150. The molecule has 0 bridgehead atoms. The van der Waals surface area contributed by atoms with Gasteiger partial charge in [0.1, 0.15) is 0 Å². The van der Waals surface area contributed by atoms with Crippen LogP contribution in [0, 0.1) is 13.8 Å². The van der Waals surface area contributed by atoms with Crippen molar-refractivity contribution in [2.24, 2.45) is 0 Å². The van der Waals surface area contributed by atoms with Crippen molar-refractivity contribution in [2.45, 2.75) is 20.4 Å². The lowest BCUT2D eigenvalue weighted by Crippen LogP contribution is -2.30. The van der Waals surface area contributed by atoms with Gasteiger partial charge in [-0.1, -0.05) is 69.7 Å². The molecule has 1 aromatic heterocycles. The highest BCUT2D eigenvalue weighted by Crippen LogP contribution is 2.33. The quantitative estimate of drug-likeness (QED) is 0.354. The average Bonchev–Trinajstić information content (AvgIpc) is 3.10. The van der Waals surface area contributed by atoms with Crippen molar-refractivity contribution in [2.75, 3.05) is 4.90 Å². The van der Waals surface area contributed by atoms with Crippen LogP contribution in [0.15, 0.2) is 71.2 Å². The summed E-state index contributed by atoms with van der Waals surface area (Å²) in [6.45, 7) is 4.63. The fraction of sp³-hybridized carbons (Fsp3) is 0.130. The van der Waals surface area contributed by atoms with Gasteiger partial charge in [0, 0.05) is 10.0 Å². The topological polar surface area (TPSA) is 33.2 Å². The summed E-state index contributed by atoms with van der Waals surface area (Å²) in [5, 5.41) is 0.720. The summed E-state index contributed by atoms with van der Waals surface area (Å²) in [6.07, 6.45) is 0. The van der Waals surface area contributed by atoms with E-state index in [9.17, 15) is 4.79 Å². The maximum absolute atomic E-state index is 13.4. The van der Waals surface area contributed by atoms with Gasteiger partial charge < -0.3 is 0 Å². The van der Waals surface area contributed by atoms with Crippen LogP contribution >= 0.6 is 27.3 Å². The molecule has 0 aliphatic heterocycles. The number of hydrogen-bond acceptors (Lipinski definition) is 3. The second-order valence-corrected chi connectivity index (χ2v) is 8.74. The average molecular weight is 451 g/mol. The number of thiazole rings is 1. The Morgan fingerprint density at radius 1 is 1.04 bits per heavy atom. The monoisotopic (exact) mass is 450 g/mol. The molecule has 0 aliphatic rings. The van der Waals surface area contributed by atoms with Crippen LogP contribution in [0.25, 0.3) is 10.2 Å². The third-order valence-electron chi connectivity index (χ3n) is 4.55. The van der Waals surface area contributed by atoms with Crippen molar-refractivity contribution in [3.05, 3.63) is 93.5 Å². The largest absolute Gasteiger partial charge is 0.279 e. The number of halogens is 1. The fourth-order valence-corrected chi connectivity index (χ4v) is 4.78. The van der Waals surface area contributed by atoms with Crippen molar-refractivity contribution >= 4 is 48.5 Å². The summed E-state index contributed by atoms with van der Waals surface area (Å²) >= 11 is 5.03. The van der Waals surface area contributed by atoms with E-state index >= 15 is 0 Å². The van der Waals surface area contributed by atoms with E-state index in [1.165, 1.54) is 5.56 Å². The van der Waals surface area contributed by atoms with Crippen LogP contribution < -0.4 is 4.90 Å². The number of amides is 1. The molecule has 0 saturated heterocycles. The van der Waals surface area contributed by atoms with E-state index in [1.54, 1.807) is 16.2 Å². The number of carbonyl (C=O) groups excluding carboxylic acids is 1. The van der Waals surface area contributed by atoms with E-state index in [0.29, 0.717) is 12.1 Å². The van der Waals surface area contributed by atoms with Crippen molar-refractivity contribution in [1.82, 2.24) is 4.98 Å². The molecule has 0 spiro atoms. The number of nitrogens with zero attached hydrogens (tertiary/aromatic N) is 2. The predicted octanol–water partition coefficient (Wildman–Crippen LogP) is 6.52. The van der Waals surface area contributed by atoms with Crippen LogP contribution in [-0.4, -0.2) is 10.9 Å². The highest BCUT2D eigenvalue weighted by molar-refractivity contribution is 9.10. The summed E-state index contributed by atoms with van der Waals surface area (Å²) in [5.41, 5.74) is 5.00. The Balaban J connectivity index is 1.80. The van der Waals surface area contributed by atoms with E-state index in [-0.39, 0.29) is 5.91 Å². The first-order valence-electron chi connectivity index (χ1n) is 9.00. The first-order chi connectivity index (χ1) is 13.5. The normalized spacial score (nSPS) is 11.0. The Hall–Kier alpha value is -2.50. The summed E-state index contributed by atoms with van der Waals surface area (Å²) in [6, 6.07) is 21.8. The number of anilines is 1. The number of benzene rings is 3. The molecule has 1 heterocycles. The second kappa shape index (κ2) is 7.86. The van der Waals surface area contributed by atoms with E-state index < -0.39 is 0 Å². The van der Waals surface area contributed by atoms with Gasteiger partial charge in [-0.25, -0.2) is 4.98 Å². The molecule has 140 valence electrons. The molecule has 0 saturated carbocycles. The van der Waals surface area contributed by atoms with Gasteiger partial charge in [0.05, 0.1) is 16.8 Å². The molecule has 0 aliphatic carbocycles. The minimum absolute atomic E-state index is 0.0569. The molecule has 0 fully saturated rings. The number of aromatic nitrogens is 1. The van der Waals surface area contributed by atoms with Crippen molar-refractivity contribution < 1.29 is 4.79 Å². The van der Waals surface area contributed by atoms with Gasteiger partial charge in [-0.05, 0) is 54.8 Å². The van der Waals surface area contributed by atoms with Crippen LogP contribution in [0.4, 0.5) is 5.13 Å². The molecule has 0 unspecified atom stereocenters. The number of fused-ring (bicyclic) bond motifs is 1. The highest BCUT2D eigenvalue weighted by Gasteiger charge is 2.22. The molecule has 28 heavy (non-hydrogen) atoms. The lowest BCUT2D eigenvalue weighted by atomic mass is 10.1. The fourth-order valence-electron chi connectivity index (χ4n) is 3.24. The van der Waals surface area contributed by atoms with Crippen LogP contribution in [0.1, 0.15) is 27.0 Å². The Morgan fingerprint density at radius 3 is 2.57 bits per heavy atom. The Labute approximate surface area is 176 Å². The molecular formula is C23H19BrN2OS. The van der Waals surface area contributed by atoms with Gasteiger partial charge in [0.25, 0.3) is 5.91 Å². The SMILES string of the molecule is Cc1cc(C)c2nc(N(Cc3ccccc3)C(=O)c3cccc(Br)c3)sc2c1. The third-order valence-corrected chi connectivity index (χ3v) is 6.07. The zero-order valence-electron chi connectivity index (χ0n) is 15.6. The zero-order valence-corrected chi connectivity index (χ0v) is 18.0. The summed E-state index contributed by atoms with van der Waals surface area (Å²) < 4.78 is 1.99. The molecule has 0 N–H and O–H groups in total. The van der Waals surface area contributed by atoms with E-state index in [4.69, 9.17) is 4.98 Å². The highest BCUT2D eigenvalue weighted by atomic mass is 79.9. The molecule has 0 radical (unpaired) electrons. The Kier molecular flexibility index (Phi) is 5.29. The second-order valence-electron chi connectivity index (χ2n) is 6.81. The zero-order chi connectivity index (χ0) is 19.7. The van der Waals surface area contributed by atoms with Crippen LogP contribution in [0.2, 0.25) is 0 Å². The molecule has 5 heteroatoms.